The zero-order valence-electron chi connectivity index (χ0n) is 19.4. The van der Waals surface area contributed by atoms with Crippen LogP contribution in [0.4, 0.5) is 0 Å². The zero-order chi connectivity index (χ0) is 21.5. The summed E-state index contributed by atoms with van der Waals surface area (Å²) in [5, 5.41) is 26.0. The van der Waals surface area contributed by atoms with Crippen LogP contribution < -0.4 is 0 Å². The summed E-state index contributed by atoms with van der Waals surface area (Å²) in [7, 11) is 4.05. The molecule has 30 heavy (non-hydrogen) atoms. The van der Waals surface area contributed by atoms with Gasteiger partial charge in [0, 0.05) is 6.54 Å². The highest BCUT2D eigenvalue weighted by molar-refractivity contribution is 5.71. The fourth-order valence-corrected chi connectivity index (χ4v) is 7.73. The summed E-state index contributed by atoms with van der Waals surface area (Å²) < 4.78 is 0. The number of aliphatic hydroxyl groups excluding tert-OH is 2. The smallest absolute Gasteiger partial charge is 0.129 e. The van der Waals surface area contributed by atoms with Crippen LogP contribution in [0.5, 0.6) is 0 Å². The van der Waals surface area contributed by atoms with E-state index in [1.165, 1.54) is 12.0 Å². The summed E-state index contributed by atoms with van der Waals surface area (Å²) in [5.41, 5.74) is 1.69. The van der Waals surface area contributed by atoms with Crippen LogP contribution in [0.1, 0.15) is 65.2 Å². The molecule has 0 bridgehead atoms. The average Bonchev–Trinajstić information content (AvgIpc) is 3.00. The first-order valence-corrected chi connectivity index (χ1v) is 12.1. The summed E-state index contributed by atoms with van der Waals surface area (Å²) in [6.45, 7) is 6.24. The van der Waals surface area contributed by atoms with Gasteiger partial charge in [0.1, 0.15) is 6.61 Å². The summed E-state index contributed by atoms with van der Waals surface area (Å²) in [5.74, 6) is 2.20. The molecular weight excluding hydrogens is 376 g/mol. The lowest BCUT2D eigenvalue weighted by molar-refractivity contribution is -0.156. The minimum absolute atomic E-state index is 0.0763. The Morgan fingerprint density at radius 2 is 1.83 bits per heavy atom. The van der Waals surface area contributed by atoms with Crippen LogP contribution in [0.15, 0.2) is 16.8 Å². The third-order valence-electron chi connectivity index (χ3n) is 9.60. The quantitative estimate of drug-likeness (QED) is 0.404. The van der Waals surface area contributed by atoms with E-state index in [9.17, 15) is 10.2 Å². The van der Waals surface area contributed by atoms with Crippen LogP contribution in [0.2, 0.25) is 0 Å². The summed E-state index contributed by atoms with van der Waals surface area (Å²) in [4.78, 5) is 7.40. The Hall–Kier alpha value is -0.910. The van der Waals surface area contributed by atoms with Crippen molar-refractivity contribution < 1.29 is 15.1 Å². The first-order chi connectivity index (χ1) is 14.3. The van der Waals surface area contributed by atoms with Crippen LogP contribution >= 0.6 is 0 Å². The maximum atomic E-state index is 11.2. The molecule has 5 heteroatoms. The van der Waals surface area contributed by atoms with Gasteiger partial charge in [-0.3, -0.25) is 0 Å². The van der Waals surface area contributed by atoms with Gasteiger partial charge in [0.25, 0.3) is 0 Å². The molecule has 0 amide bonds. The predicted octanol–water partition coefficient (Wildman–Crippen LogP) is 3.85. The molecule has 170 valence electrons. The predicted molar refractivity (Wildman–Crippen MR) is 120 cm³/mol. The monoisotopic (exact) mass is 418 g/mol. The van der Waals surface area contributed by atoms with E-state index >= 15 is 0 Å². The number of hydrogen-bond acceptors (Lipinski definition) is 5. The Morgan fingerprint density at radius 1 is 1.07 bits per heavy atom. The van der Waals surface area contributed by atoms with Crippen molar-refractivity contribution in [1.29, 1.82) is 0 Å². The summed E-state index contributed by atoms with van der Waals surface area (Å²) in [6.07, 6.45) is 12.1. The molecule has 0 heterocycles. The van der Waals surface area contributed by atoms with Crippen LogP contribution in [0.25, 0.3) is 0 Å². The van der Waals surface area contributed by atoms with Crippen molar-refractivity contribution in [3.05, 3.63) is 11.6 Å². The van der Waals surface area contributed by atoms with Gasteiger partial charge in [-0.25, -0.2) is 0 Å². The maximum Gasteiger partial charge on any atom is 0.129 e. The third-order valence-corrected chi connectivity index (χ3v) is 9.60. The second-order valence-electron chi connectivity index (χ2n) is 11.3. The molecule has 4 rings (SSSR count). The second kappa shape index (κ2) is 8.55. The molecule has 4 fully saturated rings. The van der Waals surface area contributed by atoms with Gasteiger partial charge >= 0.3 is 0 Å². The largest absolute Gasteiger partial charge is 0.394 e. The SMILES string of the molecule is CN(C)CCO/N=C\C=C1/CC[C@@]2(C)[C@H](C1)[C@@H](O)C[C@@H]1[C@@H]2CC[C@]2(C)[C@@H](O)CC[C@@H]12. The molecule has 5 nitrogen and oxygen atoms in total. The van der Waals surface area contributed by atoms with E-state index in [0.717, 1.165) is 51.5 Å². The van der Waals surface area contributed by atoms with Crippen molar-refractivity contribution in [3.8, 4) is 0 Å². The molecule has 0 saturated heterocycles. The number of hydrogen-bond donors (Lipinski definition) is 2. The number of likely N-dealkylation sites (N-methyl/N-ethyl adjacent to an activating group) is 1. The molecule has 0 aromatic carbocycles. The molecule has 0 aliphatic heterocycles. The van der Waals surface area contributed by atoms with E-state index in [0.29, 0.717) is 30.3 Å². The Balaban J connectivity index is 1.42. The van der Waals surface area contributed by atoms with Crippen molar-refractivity contribution in [3.63, 3.8) is 0 Å². The van der Waals surface area contributed by atoms with Gasteiger partial charge in [-0.2, -0.15) is 0 Å². The zero-order valence-corrected chi connectivity index (χ0v) is 19.4. The highest BCUT2D eigenvalue weighted by Crippen LogP contribution is 2.66. The lowest BCUT2D eigenvalue weighted by Crippen LogP contribution is -2.57. The molecule has 4 saturated carbocycles. The molecule has 4 aliphatic rings. The van der Waals surface area contributed by atoms with Gasteiger partial charge in [0.2, 0.25) is 0 Å². The molecule has 4 aliphatic carbocycles. The van der Waals surface area contributed by atoms with E-state index in [-0.39, 0.29) is 23.0 Å². The fourth-order valence-electron chi connectivity index (χ4n) is 7.73. The second-order valence-corrected chi connectivity index (χ2v) is 11.3. The third kappa shape index (κ3) is 3.86. The van der Waals surface area contributed by atoms with Gasteiger partial charge in [0.05, 0.1) is 18.4 Å². The molecule has 0 aromatic rings. The Bertz CT molecular complexity index is 677. The van der Waals surface area contributed by atoms with Gasteiger partial charge in [-0.1, -0.05) is 24.6 Å². The number of nitrogens with zero attached hydrogens (tertiary/aromatic N) is 2. The van der Waals surface area contributed by atoms with Crippen LogP contribution in [0, 0.1) is 34.5 Å². The van der Waals surface area contributed by atoms with Crippen molar-refractivity contribution >= 4 is 6.21 Å². The summed E-state index contributed by atoms with van der Waals surface area (Å²) in [6, 6.07) is 0. The Kier molecular flexibility index (Phi) is 6.36. The van der Waals surface area contributed by atoms with E-state index in [2.05, 4.69) is 30.0 Å². The molecule has 0 aromatic heterocycles. The minimum atomic E-state index is -0.228. The topological polar surface area (TPSA) is 65.3 Å². The number of rotatable bonds is 5. The number of fused-ring (bicyclic) bond motifs is 5. The minimum Gasteiger partial charge on any atom is -0.394 e. The number of oxime groups is 1. The molecule has 0 spiro atoms. The number of aliphatic hydroxyl groups is 2. The normalized spacial score (nSPS) is 47.4. The lowest BCUT2D eigenvalue weighted by atomic mass is 9.44. The molecular formula is C25H42N2O3. The highest BCUT2D eigenvalue weighted by Gasteiger charge is 2.61. The number of allylic oxidation sites excluding steroid dienone is 2. The van der Waals surface area contributed by atoms with Crippen LogP contribution in [-0.2, 0) is 4.84 Å². The first-order valence-electron chi connectivity index (χ1n) is 12.1. The molecule has 8 atom stereocenters. The molecule has 0 unspecified atom stereocenters. The van der Waals surface area contributed by atoms with Crippen molar-refractivity contribution in [2.45, 2.75) is 77.4 Å². The molecule has 2 N–H and O–H groups in total. The van der Waals surface area contributed by atoms with Gasteiger partial charge in [-0.15, -0.1) is 0 Å². The first kappa shape index (κ1) is 22.3. The van der Waals surface area contributed by atoms with Crippen molar-refractivity contribution in [1.82, 2.24) is 4.90 Å². The fraction of sp³-hybridized carbons (Fsp3) is 0.880. The Labute approximate surface area is 182 Å². The summed E-state index contributed by atoms with van der Waals surface area (Å²) >= 11 is 0. The van der Waals surface area contributed by atoms with Gasteiger partial charge < -0.3 is 20.0 Å². The van der Waals surface area contributed by atoms with Crippen LogP contribution in [0.3, 0.4) is 0 Å². The molecule has 0 radical (unpaired) electrons. The van der Waals surface area contributed by atoms with Gasteiger partial charge in [0.15, 0.2) is 0 Å². The van der Waals surface area contributed by atoms with Crippen molar-refractivity contribution in [2.75, 3.05) is 27.2 Å². The van der Waals surface area contributed by atoms with Crippen molar-refractivity contribution in [2.24, 2.45) is 39.7 Å². The lowest BCUT2D eigenvalue weighted by Gasteiger charge is -2.61. The van der Waals surface area contributed by atoms with Crippen LogP contribution in [-0.4, -0.2) is 60.8 Å². The van der Waals surface area contributed by atoms with E-state index in [1.807, 2.05) is 14.1 Å². The van der Waals surface area contributed by atoms with Gasteiger partial charge in [-0.05, 0) is 106 Å². The van der Waals surface area contributed by atoms with E-state index in [1.54, 1.807) is 6.21 Å². The Morgan fingerprint density at radius 3 is 2.60 bits per heavy atom. The maximum absolute atomic E-state index is 11.2. The van der Waals surface area contributed by atoms with E-state index in [4.69, 9.17) is 4.84 Å². The average molecular weight is 419 g/mol. The standard InChI is InChI=1S/C25H42N2O3/c1-24-10-7-17(9-12-26-30-14-13-27(3)4)15-21(24)22(28)16-18-19-5-6-23(29)25(19,2)11-8-20(18)24/h9,12,18-23,28-29H,5-8,10-11,13-16H2,1-4H3/b17-9+,26-12-/t18-,19-,20-,21+,22-,23-,24+,25-/m0/s1. The van der Waals surface area contributed by atoms with E-state index < -0.39 is 0 Å². The highest BCUT2D eigenvalue weighted by atomic mass is 16.6.